The maximum absolute atomic E-state index is 12.1. The molecule has 1 rings (SSSR count). The summed E-state index contributed by atoms with van der Waals surface area (Å²) in [5.74, 6) is 1.38. The highest BCUT2D eigenvalue weighted by atomic mass is 32.2. The number of carbonyl (C=O) groups excluding carboxylic acids is 1. The summed E-state index contributed by atoms with van der Waals surface area (Å²) in [4.78, 5) is 14.2. The Morgan fingerprint density at radius 3 is 2.46 bits per heavy atom. The zero-order valence-corrected chi connectivity index (χ0v) is 17.0. The van der Waals surface area contributed by atoms with E-state index >= 15 is 0 Å². The summed E-state index contributed by atoms with van der Waals surface area (Å²) < 4.78 is 2.19. The fourth-order valence-corrected chi connectivity index (χ4v) is 3.31. The lowest BCUT2D eigenvalue weighted by molar-refractivity contribution is -0.119. The number of unbranched alkanes of at least 4 members (excludes halogenated alkanes) is 1. The van der Waals surface area contributed by atoms with Gasteiger partial charge in [-0.15, -0.1) is 10.2 Å². The fraction of sp³-hybridized carbons (Fsp3) is 0.824. The first-order valence-corrected chi connectivity index (χ1v) is 9.71. The van der Waals surface area contributed by atoms with Crippen molar-refractivity contribution in [3.05, 3.63) is 5.82 Å². The van der Waals surface area contributed by atoms with Crippen molar-refractivity contribution < 1.29 is 4.79 Å². The Bertz CT molecular complexity index is 522. The average molecular weight is 356 g/mol. The molecule has 1 aromatic rings. The number of aromatic nitrogens is 3. The smallest absolute Gasteiger partial charge is 0.230 e. The van der Waals surface area contributed by atoms with Crippen LogP contribution in [0.2, 0.25) is 0 Å². The number of thioether (sulfide) groups is 1. The SMILES string of the molecule is CCCCn1c(SCC(=O)NC(C)(C)C)nnc1[C@@H](CC)N(C)C. The predicted molar refractivity (Wildman–Crippen MR) is 100 cm³/mol. The second-order valence-corrected chi connectivity index (χ2v) is 8.26. The van der Waals surface area contributed by atoms with Crippen LogP contribution in [0.3, 0.4) is 0 Å². The van der Waals surface area contributed by atoms with Crippen LogP contribution >= 0.6 is 11.8 Å². The summed E-state index contributed by atoms with van der Waals surface area (Å²) in [5.41, 5.74) is -0.211. The number of nitrogens with zero attached hydrogens (tertiary/aromatic N) is 4. The third-order valence-electron chi connectivity index (χ3n) is 3.64. The number of amides is 1. The van der Waals surface area contributed by atoms with E-state index in [1.165, 1.54) is 11.8 Å². The average Bonchev–Trinajstić information content (AvgIpc) is 2.84. The summed E-state index contributed by atoms with van der Waals surface area (Å²) in [5, 5.41) is 12.6. The highest BCUT2D eigenvalue weighted by Gasteiger charge is 2.22. The van der Waals surface area contributed by atoms with Gasteiger partial charge in [-0.1, -0.05) is 32.0 Å². The maximum Gasteiger partial charge on any atom is 0.230 e. The number of hydrogen-bond donors (Lipinski definition) is 1. The molecule has 0 aliphatic rings. The Morgan fingerprint density at radius 2 is 1.96 bits per heavy atom. The van der Waals surface area contributed by atoms with Gasteiger partial charge in [0.25, 0.3) is 0 Å². The molecule has 0 saturated carbocycles. The molecule has 138 valence electrons. The van der Waals surface area contributed by atoms with Crippen molar-refractivity contribution in [1.29, 1.82) is 0 Å². The number of rotatable bonds is 9. The lowest BCUT2D eigenvalue weighted by atomic mass is 10.1. The van der Waals surface area contributed by atoms with E-state index in [-0.39, 0.29) is 17.5 Å². The van der Waals surface area contributed by atoms with Gasteiger partial charge in [0.1, 0.15) is 0 Å². The van der Waals surface area contributed by atoms with Gasteiger partial charge < -0.3 is 9.88 Å². The van der Waals surface area contributed by atoms with Crippen LogP contribution in [0.4, 0.5) is 0 Å². The largest absolute Gasteiger partial charge is 0.351 e. The van der Waals surface area contributed by atoms with Crippen molar-refractivity contribution in [3.8, 4) is 0 Å². The third-order valence-corrected chi connectivity index (χ3v) is 4.60. The van der Waals surface area contributed by atoms with Gasteiger partial charge in [0.15, 0.2) is 11.0 Å². The van der Waals surface area contributed by atoms with E-state index in [2.05, 4.69) is 52.9 Å². The first kappa shape index (κ1) is 21.0. The maximum atomic E-state index is 12.1. The lowest BCUT2D eigenvalue weighted by Crippen LogP contribution is -2.41. The molecular formula is C17H33N5OS. The van der Waals surface area contributed by atoms with Gasteiger partial charge in [-0.05, 0) is 47.7 Å². The third kappa shape index (κ3) is 6.43. The van der Waals surface area contributed by atoms with Gasteiger partial charge in [0.2, 0.25) is 5.91 Å². The Labute approximate surface area is 150 Å². The van der Waals surface area contributed by atoms with E-state index in [4.69, 9.17) is 0 Å². The molecule has 1 N–H and O–H groups in total. The van der Waals surface area contributed by atoms with Gasteiger partial charge in [-0.3, -0.25) is 9.69 Å². The van der Waals surface area contributed by atoms with E-state index in [0.717, 1.165) is 36.8 Å². The molecule has 0 fully saturated rings. The fourth-order valence-electron chi connectivity index (χ4n) is 2.54. The van der Waals surface area contributed by atoms with Gasteiger partial charge in [-0.25, -0.2) is 0 Å². The minimum atomic E-state index is -0.211. The van der Waals surface area contributed by atoms with Crippen LogP contribution in [0.5, 0.6) is 0 Å². The van der Waals surface area contributed by atoms with Crippen LogP contribution in [0, 0.1) is 0 Å². The Morgan fingerprint density at radius 1 is 1.29 bits per heavy atom. The second kappa shape index (κ2) is 9.42. The zero-order chi connectivity index (χ0) is 18.3. The van der Waals surface area contributed by atoms with Gasteiger partial charge in [0.05, 0.1) is 11.8 Å². The van der Waals surface area contributed by atoms with Crippen molar-refractivity contribution in [2.24, 2.45) is 0 Å². The summed E-state index contributed by atoms with van der Waals surface area (Å²) in [6.07, 6.45) is 3.17. The van der Waals surface area contributed by atoms with Gasteiger partial charge in [0, 0.05) is 12.1 Å². The normalized spacial score (nSPS) is 13.3. The number of hydrogen-bond acceptors (Lipinski definition) is 5. The standard InChI is InChI=1S/C17H33N5OS/c1-8-10-11-22-15(13(9-2)21(6)7)19-20-16(22)24-12-14(23)18-17(3,4)5/h13H,8-12H2,1-7H3,(H,18,23)/t13-/m1/s1. The molecule has 0 bridgehead atoms. The number of carbonyl (C=O) groups is 1. The molecule has 0 aromatic carbocycles. The molecule has 6 nitrogen and oxygen atoms in total. The van der Waals surface area contributed by atoms with E-state index in [9.17, 15) is 4.79 Å². The van der Waals surface area contributed by atoms with Gasteiger partial charge in [-0.2, -0.15) is 0 Å². The second-order valence-electron chi connectivity index (χ2n) is 7.32. The highest BCUT2D eigenvalue weighted by Crippen LogP contribution is 2.25. The zero-order valence-electron chi connectivity index (χ0n) is 16.2. The Balaban J connectivity index is 2.90. The predicted octanol–water partition coefficient (Wildman–Crippen LogP) is 3.10. The molecule has 0 radical (unpaired) electrons. The first-order valence-electron chi connectivity index (χ1n) is 8.72. The molecule has 24 heavy (non-hydrogen) atoms. The highest BCUT2D eigenvalue weighted by molar-refractivity contribution is 7.99. The molecule has 0 aliphatic carbocycles. The number of nitrogens with one attached hydrogen (secondary N) is 1. The van der Waals surface area contributed by atoms with E-state index < -0.39 is 0 Å². The van der Waals surface area contributed by atoms with Crippen LogP contribution in [-0.4, -0.2) is 51.0 Å². The monoisotopic (exact) mass is 355 g/mol. The van der Waals surface area contributed by atoms with Crippen molar-refractivity contribution in [3.63, 3.8) is 0 Å². The van der Waals surface area contributed by atoms with Gasteiger partial charge >= 0.3 is 0 Å². The summed E-state index contributed by atoms with van der Waals surface area (Å²) >= 11 is 1.47. The van der Waals surface area contributed by atoms with Crippen molar-refractivity contribution in [2.45, 2.75) is 77.2 Å². The molecule has 1 heterocycles. The van der Waals surface area contributed by atoms with Crippen LogP contribution in [0.25, 0.3) is 0 Å². The summed E-state index contributed by atoms with van der Waals surface area (Å²) in [6.45, 7) is 11.2. The Kier molecular flexibility index (Phi) is 8.22. The molecule has 7 heteroatoms. The molecule has 0 aliphatic heterocycles. The topological polar surface area (TPSA) is 63.1 Å². The lowest BCUT2D eigenvalue weighted by Gasteiger charge is -2.23. The molecule has 0 spiro atoms. The minimum Gasteiger partial charge on any atom is -0.351 e. The van der Waals surface area contributed by atoms with Crippen LogP contribution < -0.4 is 5.32 Å². The van der Waals surface area contributed by atoms with Crippen molar-refractivity contribution in [2.75, 3.05) is 19.8 Å². The molecule has 0 unspecified atom stereocenters. The summed E-state index contributed by atoms with van der Waals surface area (Å²) in [7, 11) is 4.13. The molecule has 1 atom stereocenters. The summed E-state index contributed by atoms with van der Waals surface area (Å²) in [6, 6.07) is 0.243. The van der Waals surface area contributed by atoms with Crippen LogP contribution in [0.1, 0.15) is 65.7 Å². The van der Waals surface area contributed by atoms with E-state index in [1.54, 1.807) is 0 Å². The molecule has 1 amide bonds. The van der Waals surface area contributed by atoms with E-state index in [1.807, 2.05) is 20.8 Å². The van der Waals surface area contributed by atoms with Crippen molar-refractivity contribution >= 4 is 17.7 Å². The molecule has 0 saturated heterocycles. The molecular weight excluding hydrogens is 322 g/mol. The quantitative estimate of drug-likeness (QED) is 0.690. The van der Waals surface area contributed by atoms with Crippen LogP contribution in [-0.2, 0) is 11.3 Å². The van der Waals surface area contributed by atoms with Crippen molar-refractivity contribution in [1.82, 2.24) is 25.0 Å². The minimum absolute atomic E-state index is 0.0266. The first-order chi connectivity index (χ1) is 11.2. The van der Waals surface area contributed by atoms with E-state index in [0.29, 0.717) is 5.75 Å². The molecule has 1 aromatic heterocycles. The van der Waals surface area contributed by atoms with Crippen LogP contribution in [0.15, 0.2) is 5.16 Å². The Hall–Kier alpha value is -1.08.